The van der Waals surface area contributed by atoms with Gasteiger partial charge in [0.15, 0.2) is 5.78 Å². The SMILES string of the molecule is CC(=O)c1ccc(SCC(=O)Nc2ccccc2)c([N+](=O)[O-])c1. The summed E-state index contributed by atoms with van der Waals surface area (Å²) in [6, 6.07) is 13.2. The average Bonchev–Trinajstić information content (AvgIpc) is 2.53. The van der Waals surface area contributed by atoms with E-state index in [4.69, 9.17) is 0 Å². The van der Waals surface area contributed by atoms with Gasteiger partial charge in [-0.3, -0.25) is 19.7 Å². The van der Waals surface area contributed by atoms with Crippen LogP contribution >= 0.6 is 11.8 Å². The molecule has 0 heterocycles. The molecule has 0 aliphatic carbocycles. The smallest absolute Gasteiger partial charge is 0.283 e. The summed E-state index contributed by atoms with van der Waals surface area (Å²) in [5, 5.41) is 13.8. The molecule has 0 radical (unpaired) electrons. The van der Waals surface area contributed by atoms with E-state index in [9.17, 15) is 19.7 Å². The molecule has 1 amide bonds. The van der Waals surface area contributed by atoms with Crippen LogP contribution in [0.2, 0.25) is 0 Å². The zero-order valence-corrected chi connectivity index (χ0v) is 13.1. The predicted octanol–water partition coefficient (Wildman–Crippen LogP) is 3.53. The number of ketones is 1. The van der Waals surface area contributed by atoms with Crippen LogP contribution in [0.5, 0.6) is 0 Å². The van der Waals surface area contributed by atoms with E-state index < -0.39 is 4.92 Å². The lowest BCUT2D eigenvalue weighted by atomic mass is 10.1. The first-order chi connectivity index (χ1) is 11.0. The Morgan fingerprint density at radius 3 is 2.48 bits per heavy atom. The van der Waals surface area contributed by atoms with Gasteiger partial charge in [0, 0.05) is 17.3 Å². The molecule has 0 aromatic heterocycles. The summed E-state index contributed by atoms with van der Waals surface area (Å²) in [6.45, 7) is 1.35. The standard InChI is InChI=1S/C16H14N2O4S/c1-11(19)12-7-8-15(14(9-12)18(21)22)23-10-16(20)17-13-5-3-2-4-6-13/h2-9H,10H2,1H3,(H,17,20). The Balaban J connectivity index is 2.06. The molecule has 2 aromatic rings. The molecule has 7 heteroatoms. The zero-order valence-electron chi connectivity index (χ0n) is 12.3. The topological polar surface area (TPSA) is 89.3 Å². The highest BCUT2D eigenvalue weighted by Gasteiger charge is 2.17. The second-order valence-electron chi connectivity index (χ2n) is 4.70. The van der Waals surface area contributed by atoms with Crippen molar-refractivity contribution in [2.45, 2.75) is 11.8 Å². The molecule has 1 N–H and O–H groups in total. The molecule has 118 valence electrons. The Hall–Kier alpha value is -2.67. The fourth-order valence-corrected chi connectivity index (χ4v) is 2.67. The third-order valence-electron chi connectivity index (χ3n) is 2.98. The van der Waals surface area contributed by atoms with Gasteiger partial charge >= 0.3 is 0 Å². The van der Waals surface area contributed by atoms with E-state index in [0.29, 0.717) is 10.6 Å². The van der Waals surface area contributed by atoms with Crippen molar-refractivity contribution in [2.24, 2.45) is 0 Å². The number of nitro groups is 1. The molecule has 0 aliphatic rings. The van der Waals surface area contributed by atoms with Crippen molar-refractivity contribution in [2.75, 3.05) is 11.1 Å². The van der Waals surface area contributed by atoms with Crippen LogP contribution in [-0.2, 0) is 4.79 Å². The van der Waals surface area contributed by atoms with Gasteiger partial charge in [0.2, 0.25) is 5.91 Å². The summed E-state index contributed by atoms with van der Waals surface area (Å²) in [6.07, 6.45) is 0. The maximum atomic E-state index is 11.9. The molecule has 23 heavy (non-hydrogen) atoms. The summed E-state index contributed by atoms with van der Waals surface area (Å²) in [7, 11) is 0. The Bertz CT molecular complexity index is 747. The van der Waals surface area contributed by atoms with Crippen LogP contribution in [0.4, 0.5) is 11.4 Å². The van der Waals surface area contributed by atoms with Crippen molar-refractivity contribution in [3.63, 3.8) is 0 Å². The van der Waals surface area contributed by atoms with Crippen molar-refractivity contribution in [3.05, 3.63) is 64.2 Å². The highest BCUT2D eigenvalue weighted by Crippen LogP contribution is 2.30. The predicted molar refractivity (Wildman–Crippen MR) is 88.9 cm³/mol. The lowest BCUT2D eigenvalue weighted by Crippen LogP contribution is -2.14. The third kappa shape index (κ3) is 4.65. The Morgan fingerprint density at radius 2 is 1.87 bits per heavy atom. The van der Waals surface area contributed by atoms with E-state index in [1.165, 1.54) is 25.1 Å². The van der Waals surface area contributed by atoms with Crippen molar-refractivity contribution >= 4 is 34.8 Å². The number of nitrogens with one attached hydrogen (secondary N) is 1. The minimum Gasteiger partial charge on any atom is -0.325 e. The monoisotopic (exact) mass is 330 g/mol. The summed E-state index contributed by atoms with van der Waals surface area (Å²) in [5.41, 5.74) is 0.768. The van der Waals surface area contributed by atoms with E-state index in [1.54, 1.807) is 24.3 Å². The normalized spacial score (nSPS) is 10.1. The Morgan fingerprint density at radius 1 is 1.17 bits per heavy atom. The largest absolute Gasteiger partial charge is 0.325 e. The van der Waals surface area contributed by atoms with Crippen LogP contribution in [-0.4, -0.2) is 22.4 Å². The minimum absolute atomic E-state index is 0.0369. The molecule has 0 saturated heterocycles. The fourth-order valence-electron chi connectivity index (χ4n) is 1.86. The van der Waals surface area contributed by atoms with Crippen molar-refractivity contribution in [1.82, 2.24) is 0 Å². The van der Waals surface area contributed by atoms with Gasteiger partial charge in [-0.05, 0) is 31.2 Å². The van der Waals surface area contributed by atoms with Crippen LogP contribution < -0.4 is 5.32 Å². The summed E-state index contributed by atoms with van der Waals surface area (Å²) in [5.74, 6) is -0.465. The number of Topliss-reactive ketones (excluding diaryl/α,β-unsaturated/α-hetero) is 1. The van der Waals surface area contributed by atoms with Gasteiger partial charge in [-0.2, -0.15) is 0 Å². The second-order valence-corrected chi connectivity index (χ2v) is 5.72. The number of carbonyl (C=O) groups excluding carboxylic acids is 2. The second kappa shape index (κ2) is 7.55. The number of thioether (sulfide) groups is 1. The Labute approximate surface area is 137 Å². The number of nitrogens with zero attached hydrogens (tertiary/aromatic N) is 1. The molecule has 0 aliphatic heterocycles. The van der Waals surface area contributed by atoms with Crippen LogP contribution in [0.3, 0.4) is 0 Å². The van der Waals surface area contributed by atoms with Crippen LogP contribution in [0.1, 0.15) is 17.3 Å². The number of amides is 1. The van der Waals surface area contributed by atoms with E-state index in [2.05, 4.69) is 5.32 Å². The number of benzene rings is 2. The molecule has 0 saturated carbocycles. The summed E-state index contributed by atoms with van der Waals surface area (Å²) < 4.78 is 0. The third-order valence-corrected chi connectivity index (χ3v) is 4.04. The van der Waals surface area contributed by atoms with Crippen LogP contribution in [0, 0.1) is 10.1 Å². The summed E-state index contributed by atoms with van der Waals surface area (Å²) in [4.78, 5) is 34.1. The van der Waals surface area contributed by atoms with Crippen LogP contribution in [0.15, 0.2) is 53.4 Å². The first kappa shape index (κ1) is 16.7. The van der Waals surface area contributed by atoms with Gasteiger partial charge in [0.05, 0.1) is 15.6 Å². The van der Waals surface area contributed by atoms with Gasteiger partial charge in [-0.15, -0.1) is 11.8 Å². The molecular weight excluding hydrogens is 316 g/mol. The first-order valence-electron chi connectivity index (χ1n) is 6.74. The fraction of sp³-hybridized carbons (Fsp3) is 0.125. The van der Waals surface area contributed by atoms with Crippen molar-refractivity contribution in [1.29, 1.82) is 0 Å². The lowest BCUT2D eigenvalue weighted by Gasteiger charge is -2.06. The van der Waals surface area contributed by atoms with Gasteiger partial charge < -0.3 is 5.32 Å². The minimum atomic E-state index is -0.552. The molecule has 0 spiro atoms. The average molecular weight is 330 g/mol. The molecule has 2 rings (SSSR count). The maximum Gasteiger partial charge on any atom is 0.283 e. The number of nitro benzene ring substituents is 1. The van der Waals surface area contributed by atoms with Gasteiger partial charge in [-0.1, -0.05) is 18.2 Å². The quantitative estimate of drug-likeness (QED) is 0.379. The Kier molecular flexibility index (Phi) is 5.48. The molecule has 2 aromatic carbocycles. The molecule has 0 atom stereocenters. The molecule has 6 nitrogen and oxygen atoms in total. The van der Waals surface area contributed by atoms with Gasteiger partial charge in [-0.25, -0.2) is 0 Å². The van der Waals surface area contributed by atoms with Crippen LogP contribution in [0.25, 0.3) is 0 Å². The number of anilines is 1. The van der Waals surface area contributed by atoms with E-state index >= 15 is 0 Å². The molecule has 0 unspecified atom stereocenters. The van der Waals surface area contributed by atoms with E-state index in [1.807, 2.05) is 6.07 Å². The van der Waals surface area contributed by atoms with Gasteiger partial charge in [0.1, 0.15) is 0 Å². The first-order valence-corrected chi connectivity index (χ1v) is 7.73. The lowest BCUT2D eigenvalue weighted by molar-refractivity contribution is -0.387. The van der Waals surface area contributed by atoms with Gasteiger partial charge in [0.25, 0.3) is 5.69 Å². The zero-order chi connectivity index (χ0) is 16.8. The number of rotatable bonds is 6. The summed E-state index contributed by atoms with van der Waals surface area (Å²) >= 11 is 1.06. The highest BCUT2D eigenvalue weighted by atomic mass is 32.2. The van der Waals surface area contributed by atoms with Crippen molar-refractivity contribution in [3.8, 4) is 0 Å². The number of para-hydroxylation sites is 1. The highest BCUT2D eigenvalue weighted by molar-refractivity contribution is 8.00. The number of carbonyl (C=O) groups is 2. The number of hydrogen-bond donors (Lipinski definition) is 1. The van der Waals surface area contributed by atoms with Crippen molar-refractivity contribution < 1.29 is 14.5 Å². The molecule has 0 bridgehead atoms. The molecular formula is C16H14N2O4S. The molecule has 0 fully saturated rings. The number of hydrogen-bond acceptors (Lipinski definition) is 5. The maximum absolute atomic E-state index is 11.9. The van der Waals surface area contributed by atoms with E-state index in [0.717, 1.165) is 11.8 Å². The van der Waals surface area contributed by atoms with E-state index in [-0.39, 0.29) is 28.7 Å².